The standard InChI is InChI=1S/C19H23N3/c1-14-18(15-8-2-3-9-16(15)21-14)19(22-12-6-7-13-22)17-10-4-5-11-20-17/h2-5,8-11,14,18-19,21H,6-7,12-13H2,1H3. The van der Waals surface area contributed by atoms with E-state index in [1.54, 1.807) is 0 Å². The topological polar surface area (TPSA) is 28.2 Å². The fraction of sp³-hybridized carbons (Fsp3) is 0.421. The van der Waals surface area contributed by atoms with Crippen LogP contribution in [0.3, 0.4) is 0 Å². The Morgan fingerprint density at radius 1 is 1.09 bits per heavy atom. The van der Waals surface area contributed by atoms with Gasteiger partial charge in [0.05, 0.1) is 11.7 Å². The van der Waals surface area contributed by atoms with Gasteiger partial charge in [-0.25, -0.2) is 0 Å². The monoisotopic (exact) mass is 293 g/mol. The molecule has 0 aliphatic carbocycles. The van der Waals surface area contributed by atoms with Crippen molar-refractivity contribution in [3.63, 3.8) is 0 Å². The third kappa shape index (κ3) is 2.30. The number of likely N-dealkylation sites (tertiary alicyclic amines) is 1. The molecule has 4 rings (SSSR count). The molecule has 0 amide bonds. The number of hydrogen-bond acceptors (Lipinski definition) is 3. The van der Waals surface area contributed by atoms with Crippen molar-refractivity contribution in [2.24, 2.45) is 0 Å². The third-order valence-electron chi connectivity index (χ3n) is 5.11. The van der Waals surface area contributed by atoms with Crippen molar-refractivity contribution in [2.45, 2.75) is 37.8 Å². The van der Waals surface area contributed by atoms with Crippen molar-refractivity contribution in [3.05, 3.63) is 59.9 Å². The number of para-hydroxylation sites is 1. The van der Waals surface area contributed by atoms with Gasteiger partial charge >= 0.3 is 0 Å². The molecule has 2 aliphatic rings. The molecule has 2 aromatic rings. The first-order chi connectivity index (χ1) is 10.8. The summed E-state index contributed by atoms with van der Waals surface area (Å²) >= 11 is 0. The summed E-state index contributed by atoms with van der Waals surface area (Å²) in [7, 11) is 0. The van der Waals surface area contributed by atoms with Crippen LogP contribution in [0.4, 0.5) is 5.69 Å². The fourth-order valence-corrected chi connectivity index (χ4v) is 4.14. The molecule has 1 aromatic carbocycles. The van der Waals surface area contributed by atoms with E-state index in [1.807, 2.05) is 12.3 Å². The van der Waals surface area contributed by atoms with E-state index in [0.29, 0.717) is 18.0 Å². The maximum absolute atomic E-state index is 4.71. The average molecular weight is 293 g/mol. The summed E-state index contributed by atoms with van der Waals surface area (Å²) < 4.78 is 0. The van der Waals surface area contributed by atoms with Crippen LogP contribution in [0.1, 0.15) is 43.0 Å². The lowest BCUT2D eigenvalue weighted by Crippen LogP contribution is -2.35. The minimum Gasteiger partial charge on any atom is -0.382 e. The molecule has 0 bridgehead atoms. The van der Waals surface area contributed by atoms with Crippen LogP contribution in [-0.2, 0) is 0 Å². The second kappa shape index (κ2) is 5.73. The van der Waals surface area contributed by atoms with E-state index in [1.165, 1.54) is 42.9 Å². The van der Waals surface area contributed by atoms with E-state index in [9.17, 15) is 0 Å². The summed E-state index contributed by atoms with van der Waals surface area (Å²) in [4.78, 5) is 7.34. The molecule has 1 aromatic heterocycles. The van der Waals surface area contributed by atoms with Gasteiger partial charge in [-0.15, -0.1) is 0 Å². The summed E-state index contributed by atoms with van der Waals surface area (Å²) in [6.07, 6.45) is 4.54. The van der Waals surface area contributed by atoms with Crippen molar-refractivity contribution < 1.29 is 0 Å². The molecule has 3 unspecified atom stereocenters. The zero-order chi connectivity index (χ0) is 14.9. The number of fused-ring (bicyclic) bond motifs is 1. The Morgan fingerprint density at radius 2 is 1.86 bits per heavy atom. The maximum Gasteiger partial charge on any atom is 0.0610 e. The molecule has 1 saturated heterocycles. The fourth-order valence-electron chi connectivity index (χ4n) is 4.14. The van der Waals surface area contributed by atoms with Gasteiger partial charge in [-0.05, 0) is 56.6 Å². The molecule has 3 heteroatoms. The van der Waals surface area contributed by atoms with Gasteiger partial charge in [0.25, 0.3) is 0 Å². The summed E-state index contributed by atoms with van der Waals surface area (Å²) in [5, 5.41) is 3.67. The lowest BCUT2D eigenvalue weighted by Gasteiger charge is -2.34. The predicted molar refractivity (Wildman–Crippen MR) is 90.1 cm³/mol. The number of rotatable bonds is 3. The average Bonchev–Trinajstić information content (AvgIpc) is 3.18. The Hall–Kier alpha value is -1.87. The molecule has 0 spiro atoms. The van der Waals surface area contributed by atoms with Crippen LogP contribution in [0.5, 0.6) is 0 Å². The zero-order valence-electron chi connectivity index (χ0n) is 13.1. The van der Waals surface area contributed by atoms with E-state index in [-0.39, 0.29) is 0 Å². The minimum absolute atomic E-state index is 0.370. The lowest BCUT2D eigenvalue weighted by molar-refractivity contribution is 0.202. The van der Waals surface area contributed by atoms with Crippen molar-refractivity contribution in [1.82, 2.24) is 9.88 Å². The summed E-state index contributed by atoms with van der Waals surface area (Å²) in [6, 6.07) is 15.9. The van der Waals surface area contributed by atoms with Gasteiger partial charge in [-0.2, -0.15) is 0 Å². The second-order valence-corrected chi connectivity index (χ2v) is 6.49. The van der Waals surface area contributed by atoms with Crippen LogP contribution in [0.15, 0.2) is 48.7 Å². The summed E-state index contributed by atoms with van der Waals surface area (Å²) in [6.45, 7) is 4.68. The quantitative estimate of drug-likeness (QED) is 0.932. The van der Waals surface area contributed by atoms with Crippen LogP contribution in [0.2, 0.25) is 0 Å². The molecule has 0 saturated carbocycles. The van der Waals surface area contributed by atoms with Crippen LogP contribution >= 0.6 is 0 Å². The Bertz CT molecular complexity index is 634. The Kier molecular flexibility index (Phi) is 3.59. The normalized spacial score (nSPS) is 25.7. The van der Waals surface area contributed by atoms with Crippen LogP contribution in [-0.4, -0.2) is 29.0 Å². The molecular formula is C19H23N3. The maximum atomic E-state index is 4.71. The molecule has 22 heavy (non-hydrogen) atoms. The van der Waals surface area contributed by atoms with Crippen LogP contribution in [0, 0.1) is 0 Å². The van der Waals surface area contributed by atoms with E-state index >= 15 is 0 Å². The van der Waals surface area contributed by atoms with Gasteiger partial charge in [0.1, 0.15) is 0 Å². The van der Waals surface area contributed by atoms with E-state index < -0.39 is 0 Å². The Morgan fingerprint density at radius 3 is 2.64 bits per heavy atom. The van der Waals surface area contributed by atoms with Gasteiger partial charge < -0.3 is 5.32 Å². The highest BCUT2D eigenvalue weighted by Gasteiger charge is 2.40. The number of nitrogens with one attached hydrogen (secondary N) is 1. The summed E-state index contributed by atoms with van der Waals surface area (Å²) in [5.74, 6) is 0.462. The Balaban J connectivity index is 1.77. The number of nitrogens with zero attached hydrogens (tertiary/aromatic N) is 2. The van der Waals surface area contributed by atoms with Gasteiger partial charge in [0.15, 0.2) is 0 Å². The second-order valence-electron chi connectivity index (χ2n) is 6.49. The molecular weight excluding hydrogens is 270 g/mol. The minimum atomic E-state index is 0.370. The first kappa shape index (κ1) is 13.8. The SMILES string of the molecule is CC1Nc2ccccc2C1C(c1ccccn1)N1CCCC1. The molecule has 1 fully saturated rings. The molecule has 0 radical (unpaired) electrons. The molecule has 3 nitrogen and oxygen atoms in total. The highest BCUT2D eigenvalue weighted by Crippen LogP contribution is 2.46. The smallest absolute Gasteiger partial charge is 0.0610 e. The van der Waals surface area contributed by atoms with Crippen molar-refractivity contribution in [2.75, 3.05) is 18.4 Å². The first-order valence-electron chi connectivity index (χ1n) is 8.35. The molecule has 2 aliphatic heterocycles. The number of pyridine rings is 1. The number of benzene rings is 1. The highest BCUT2D eigenvalue weighted by molar-refractivity contribution is 5.60. The van der Waals surface area contributed by atoms with Crippen molar-refractivity contribution in [1.29, 1.82) is 0 Å². The van der Waals surface area contributed by atoms with Gasteiger partial charge in [0, 0.05) is 23.8 Å². The van der Waals surface area contributed by atoms with E-state index in [0.717, 1.165) is 0 Å². The number of anilines is 1. The van der Waals surface area contributed by atoms with Gasteiger partial charge in [0.2, 0.25) is 0 Å². The van der Waals surface area contributed by atoms with Crippen molar-refractivity contribution >= 4 is 5.69 Å². The first-order valence-corrected chi connectivity index (χ1v) is 8.35. The molecule has 1 N–H and O–H groups in total. The van der Waals surface area contributed by atoms with Crippen LogP contribution < -0.4 is 5.32 Å². The molecule has 3 atom stereocenters. The van der Waals surface area contributed by atoms with Crippen molar-refractivity contribution in [3.8, 4) is 0 Å². The lowest BCUT2D eigenvalue weighted by atomic mass is 9.85. The Labute approximate surface area is 132 Å². The van der Waals surface area contributed by atoms with Gasteiger partial charge in [-0.3, -0.25) is 9.88 Å². The van der Waals surface area contributed by atoms with E-state index in [2.05, 4.69) is 53.5 Å². The largest absolute Gasteiger partial charge is 0.382 e. The number of hydrogen-bond donors (Lipinski definition) is 1. The number of aromatic nitrogens is 1. The molecule has 3 heterocycles. The highest BCUT2D eigenvalue weighted by atomic mass is 15.2. The zero-order valence-corrected chi connectivity index (χ0v) is 13.1. The van der Waals surface area contributed by atoms with Gasteiger partial charge in [-0.1, -0.05) is 24.3 Å². The van der Waals surface area contributed by atoms with E-state index in [4.69, 9.17) is 4.98 Å². The van der Waals surface area contributed by atoms with Crippen LogP contribution in [0.25, 0.3) is 0 Å². The predicted octanol–water partition coefficient (Wildman–Crippen LogP) is 3.82. The third-order valence-corrected chi connectivity index (χ3v) is 5.11. The summed E-state index contributed by atoms with van der Waals surface area (Å²) in [5.41, 5.74) is 3.94. The molecule has 114 valence electrons.